The molecule has 0 amide bonds. The minimum Gasteiger partial charge on any atom is -0.396 e. The standard InChI is InChI=1S/C14H23NOS/c1-3-9-15-13(8-10-16)11-17-14-6-4-12(2)5-7-14/h4-7,13,15-16H,3,8-11H2,1-2H3. The van der Waals surface area contributed by atoms with Gasteiger partial charge in [-0.15, -0.1) is 11.8 Å². The van der Waals surface area contributed by atoms with E-state index in [4.69, 9.17) is 5.11 Å². The van der Waals surface area contributed by atoms with Gasteiger partial charge in [-0.25, -0.2) is 0 Å². The monoisotopic (exact) mass is 253 g/mol. The smallest absolute Gasteiger partial charge is 0.0446 e. The third kappa shape index (κ3) is 6.10. The van der Waals surface area contributed by atoms with Gasteiger partial charge in [0, 0.05) is 23.3 Å². The van der Waals surface area contributed by atoms with Crippen molar-refractivity contribution in [2.24, 2.45) is 0 Å². The molecule has 0 bridgehead atoms. The minimum atomic E-state index is 0.260. The van der Waals surface area contributed by atoms with Crippen LogP contribution >= 0.6 is 11.8 Å². The van der Waals surface area contributed by atoms with Gasteiger partial charge in [0.25, 0.3) is 0 Å². The highest BCUT2D eigenvalue weighted by Gasteiger charge is 2.07. The number of aliphatic hydroxyl groups is 1. The van der Waals surface area contributed by atoms with Gasteiger partial charge in [0.2, 0.25) is 0 Å². The SMILES string of the molecule is CCCNC(CCO)CSc1ccc(C)cc1. The second kappa shape index (κ2) is 8.56. The summed E-state index contributed by atoms with van der Waals surface area (Å²) in [6.07, 6.45) is 1.97. The molecule has 1 rings (SSSR count). The van der Waals surface area contributed by atoms with Crippen LogP contribution in [0.15, 0.2) is 29.2 Å². The number of hydrogen-bond donors (Lipinski definition) is 2. The van der Waals surface area contributed by atoms with Gasteiger partial charge in [0.1, 0.15) is 0 Å². The van der Waals surface area contributed by atoms with Crippen LogP contribution in [0.1, 0.15) is 25.3 Å². The van der Waals surface area contributed by atoms with Crippen LogP contribution in [-0.4, -0.2) is 30.1 Å². The van der Waals surface area contributed by atoms with Crippen molar-refractivity contribution in [3.63, 3.8) is 0 Å². The lowest BCUT2D eigenvalue weighted by Crippen LogP contribution is -2.32. The average Bonchev–Trinajstić information content (AvgIpc) is 2.35. The molecular formula is C14H23NOS. The van der Waals surface area contributed by atoms with Gasteiger partial charge in [-0.1, -0.05) is 24.6 Å². The second-order valence-electron chi connectivity index (χ2n) is 4.29. The summed E-state index contributed by atoms with van der Waals surface area (Å²) in [5.41, 5.74) is 1.30. The van der Waals surface area contributed by atoms with E-state index in [9.17, 15) is 0 Å². The van der Waals surface area contributed by atoms with Crippen LogP contribution in [0.5, 0.6) is 0 Å². The van der Waals surface area contributed by atoms with Gasteiger partial charge < -0.3 is 10.4 Å². The number of benzene rings is 1. The Morgan fingerprint density at radius 2 is 2.00 bits per heavy atom. The molecule has 0 aliphatic carbocycles. The fourth-order valence-corrected chi connectivity index (χ4v) is 2.59. The predicted octanol–water partition coefficient (Wildman–Crippen LogP) is 2.84. The molecule has 0 aliphatic rings. The quantitative estimate of drug-likeness (QED) is 0.699. The van der Waals surface area contributed by atoms with Crippen LogP contribution in [0.25, 0.3) is 0 Å². The van der Waals surface area contributed by atoms with E-state index in [1.165, 1.54) is 10.5 Å². The highest BCUT2D eigenvalue weighted by atomic mass is 32.2. The van der Waals surface area contributed by atoms with Crippen molar-refractivity contribution < 1.29 is 5.11 Å². The van der Waals surface area contributed by atoms with Gasteiger partial charge in [0.15, 0.2) is 0 Å². The molecule has 0 saturated heterocycles. The maximum atomic E-state index is 9.02. The molecule has 2 N–H and O–H groups in total. The Morgan fingerprint density at radius 1 is 1.29 bits per heavy atom. The van der Waals surface area contributed by atoms with E-state index in [-0.39, 0.29) is 6.61 Å². The molecular weight excluding hydrogens is 230 g/mol. The Kier molecular flexibility index (Phi) is 7.33. The van der Waals surface area contributed by atoms with E-state index in [0.717, 1.165) is 25.1 Å². The van der Waals surface area contributed by atoms with Gasteiger partial charge in [-0.05, 0) is 38.4 Å². The van der Waals surface area contributed by atoms with E-state index in [0.29, 0.717) is 6.04 Å². The molecule has 0 heterocycles. The fourth-order valence-electron chi connectivity index (χ4n) is 1.58. The Hall–Kier alpha value is -0.510. The van der Waals surface area contributed by atoms with E-state index in [1.807, 2.05) is 11.8 Å². The van der Waals surface area contributed by atoms with Crippen molar-refractivity contribution in [3.8, 4) is 0 Å². The summed E-state index contributed by atoms with van der Waals surface area (Å²) in [6.45, 7) is 5.55. The summed E-state index contributed by atoms with van der Waals surface area (Å²) in [5.74, 6) is 1.02. The first-order chi connectivity index (χ1) is 8.26. The molecule has 1 unspecified atom stereocenters. The molecule has 3 heteroatoms. The molecule has 0 aromatic heterocycles. The van der Waals surface area contributed by atoms with Gasteiger partial charge >= 0.3 is 0 Å². The van der Waals surface area contributed by atoms with Crippen LogP contribution in [0.3, 0.4) is 0 Å². The van der Waals surface area contributed by atoms with Gasteiger partial charge in [-0.2, -0.15) is 0 Å². The summed E-state index contributed by atoms with van der Waals surface area (Å²) < 4.78 is 0. The molecule has 1 atom stereocenters. The number of aryl methyl sites for hydroxylation is 1. The Bertz CT molecular complexity index is 300. The molecule has 2 nitrogen and oxygen atoms in total. The normalized spacial score (nSPS) is 12.6. The lowest BCUT2D eigenvalue weighted by molar-refractivity contribution is 0.270. The maximum absolute atomic E-state index is 9.02. The molecule has 0 fully saturated rings. The van der Waals surface area contributed by atoms with Crippen molar-refractivity contribution in [2.45, 2.75) is 37.6 Å². The summed E-state index contributed by atoms with van der Waals surface area (Å²) in [7, 11) is 0. The van der Waals surface area contributed by atoms with Gasteiger partial charge in [0.05, 0.1) is 0 Å². The first-order valence-electron chi connectivity index (χ1n) is 6.30. The molecule has 1 aromatic carbocycles. The lowest BCUT2D eigenvalue weighted by Gasteiger charge is -2.16. The van der Waals surface area contributed by atoms with Crippen LogP contribution in [0.4, 0.5) is 0 Å². The maximum Gasteiger partial charge on any atom is 0.0446 e. The third-order valence-electron chi connectivity index (χ3n) is 2.63. The number of rotatable bonds is 8. The predicted molar refractivity (Wildman–Crippen MR) is 75.7 cm³/mol. The Morgan fingerprint density at radius 3 is 2.59 bits per heavy atom. The first kappa shape index (κ1) is 14.6. The second-order valence-corrected chi connectivity index (χ2v) is 5.38. The summed E-state index contributed by atoms with van der Waals surface area (Å²) >= 11 is 1.85. The van der Waals surface area contributed by atoms with Crippen molar-refractivity contribution >= 4 is 11.8 Å². The number of thioether (sulfide) groups is 1. The van der Waals surface area contributed by atoms with E-state index in [1.54, 1.807) is 0 Å². The third-order valence-corrected chi connectivity index (χ3v) is 3.81. The van der Waals surface area contributed by atoms with E-state index >= 15 is 0 Å². The zero-order valence-electron chi connectivity index (χ0n) is 10.8. The van der Waals surface area contributed by atoms with Gasteiger partial charge in [-0.3, -0.25) is 0 Å². The molecule has 96 valence electrons. The van der Waals surface area contributed by atoms with Crippen molar-refractivity contribution in [3.05, 3.63) is 29.8 Å². The first-order valence-corrected chi connectivity index (χ1v) is 7.28. The molecule has 0 spiro atoms. The largest absolute Gasteiger partial charge is 0.396 e. The fraction of sp³-hybridized carbons (Fsp3) is 0.571. The average molecular weight is 253 g/mol. The van der Waals surface area contributed by atoms with Crippen molar-refractivity contribution in [1.29, 1.82) is 0 Å². The lowest BCUT2D eigenvalue weighted by atomic mass is 10.2. The number of hydrogen-bond acceptors (Lipinski definition) is 3. The summed E-state index contributed by atoms with van der Waals surface area (Å²) in [6, 6.07) is 9.02. The minimum absolute atomic E-state index is 0.260. The van der Waals surface area contributed by atoms with E-state index < -0.39 is 0 Å². The molecule has 0 radical (unpaired) electrons. The molecule has 17 heavy (non-hydrogen) atoms. The Balaban J connectivity index is 2.37. The molecule has 0 aliphatic heterocycles. The summed E-state index contributed by atoms with van der Waals surface area (Å²) in [5, 5.41) is 12.5. The number of nitrogens with one attached hydrogen (secondary N) is 1. The highest BCUT2D eigenvalue weighted by Crippen LogP contribution is 2.19. The zero-order chi connectivity index (χ0) is 12.5. The van der Waals surface area contributed by atoms with E-state index in [2.05, 4.69) is 43.4 Å². The van der Waals surface area contributed by atoms with Crippen LogP contribution in [0, 0.1) is 6.92 Å². The van der Waals surface area contributed by atoms with Crippen LogP contribution in [0.2, 0.25) is 0 Å². The van der Waals surface area contributed by atoms with Crippen molar-refractivity contribution in [1.82, 2.24) is 5.32 Å². The summed E-state index contributed by atoms with van der Waals surface area (Å²) in [4.78, 5) is 1.30. The number of aliphatic hydroxyl groups excluding tert-OH is 1. The molecule has 1 aromatic rings. The highest BCUT2D eigenvalue weighted by molar-refractivity contribution is 7.99. The molecule has 0 saturated carbocycles. The van der Waals surface area contributed by atoms with Crippen molar-refractivity contribution in [2.75, 3.05) is 18.9 Å². The Labute approximate surface area is 109 Å². The van der Waals surface area contributed by atoms with Crippen LogP contribution in [-0.2, 0) is 0 Å². The van der Waals surface area contributed by atoms with Crippen LogP contribution < -0.4 is 5.32 Å². The topological polar surface area (TPSA) is 32.3 Å². The zero-order valence-corrected chi connectivity index (χ0v) is 11.6.